The van der Waals surface area contributed by atoms with Crippen molar-refractivity contribution >= 4 is 0 Å². The lowest BCUT2D eigenvalue weighted by Gasteiger charge is -2.05. The third kappa shape index (κ3) is 1.58. The lowest BCUT2D eigenvalue weighted by molar-refractivity contribution is 0.803. The molecule has 0 fully saturated rings. The maximum atomic E-state index is 11.5. The average Bonchev–Trinajstić information content (AvgIpc) is 2.06. The van der Waals surface area contributed by atoms with E-state index < -0.39 is 0 Å². The molecule has 0 saturated carbocycles. The Morgan fingerprint density at radius 2 is 2.17 bits per heavy atom. The van der Waals surface area contributed by atoms with Gasteiger partial charge in [0.2, 0.25) is 0 Å². The summed E-state index contributed by atoms with van der Waals surface area (Å²) in [6, 6.07) is 1.99. The molecule has 0 aliphatic rings. The number of hydrogen-bond donors (Lipinski definition) is 0. The van der Waals surface area contributed by atoms with Gasteiger partial charge in [-0.3, -0.25) is 4.79 Å². The van der Waals surface area contributed by atoms with Gasteiger partial charge in [-0.25, -0.2) is 0 Å². The summed E-state index contributed by atoms with van der Waals surface area (Å²) in [6.07, 6.45) is 3.73. The minimum atomic E-state index is 0.150. The molecule has 0 aromatic carbocycles. The van der Waals surface area contributed by atoms with Crippen molar-refractivity contribution in [2.75, 3.05) is 0 Å². The monoisotopic (exact) mass is 165 g/mol. The summed E-state index contributed by atoms with van der Waals surface area (Å²) in [7, 11) is 1.79. The SMILES string of the molecule is CCCc1c(C)ccn(C)c1=O. The third-order valence-electron chi connectivity index (χ3n) is 2.10. The van der Waals surface area contributed by atoms with Crippen molar-refractivity contribution in [3.8, 4) is 0 Å². The molecule has 0 amide bonds. The first-order valence-electron chi connectivity index (χ1n) is 4.32. The minimum Gasteiger partial charge on any atom is -0.318 e. The highest BCUT2D eigenvalue weighted by molar-refractivity contribution is 5.22. The maximum absolute atomic E-state index is 11.5. The number of nitrogens with zero attached hydrogens (tertiary/aromatic N) is 1. The van der Waals surface area contributed by atoms with Crippen LogP contribution in [0.25, 0.3) is 0 Å². The molecule has 1 rings (SSSR count). The Kier molecular flexibility index (Phi) is 2.69. The molecule has 1 heterocycles. The Labute approximate surface area is 72.8 Å². The third-order valence-corrected chi connectivity index (χ3v) is 2.10. The maximum Gasteiger partial charge on any atom is 0.253 e. The van der Waals surface area contributed by atoms with Crippen LogP contribution in [-0.2, 0) is 13.5 Å². The zero-order valence-electron chi connectivity index (χ0n) is 7.92. The van der Waals surface area contributed by atoms with Gasteiger partial charge in [0.15, 0.2) is 0 Å². The van der Waals surface area contributed by atoms with E-state index in [0.29, 0.717) is 0 Å². The molecular formula is C10H15NO. The number of hydrogen-bond acceptors (Lipinski definition) is 1. The standard InChI is InChI=1S/C10H15NO/c1-4-5-9-8(2)6-7-11(3)10(9)12/h6-7H,4-5H2,1-3H3. The Balaban J connectivity index is 3.24. The molecule has 0 saturated heterocycles. The van der Waals surface area contributed by atoms with E-state index >= 15 is 0 Å². The van der Waals surface area contributed by atoms with Crippen molar-refractivity contribution in [3.63, 3.8) is 0 Å². The summed E-state index contributed by atoms with van der Waals surface area (Å²) < 4.78 is 1.64. The van der Waals surface area contributed by atoms with Gasteiger partial charge in [0, 0.05) is 18.8 Å². The van der Waals surface area contributed by atoms with Gasteiger partial charge in [0.25, 0.3) is 5.56 Å². The van der Waals surface area contributed by atoms with E-state index in [1.165, 1.54) is 0 Å². The van der Waals surface area contributed by atoms with E-state index in [1.54, 1.807) is 11.6 Å². The summed E-state index contributed by atoms with van der Waals surface area (Å²) in [4.78, 5) is 11.5. The van der Waals surface area contributed by atoms with E-state index in [9.17, 15) is 4.79 Å². The fourth-order valence-electron chi connectivity index (χ4n) is 1.33. The van der Waals surface area contributed by atoms with Gasteiger partial charge in [-0.2, -0.15) is 0 Å². The first-order valence-corrected chi connectivity index (χ1v) is 4.32. The van der Waals surface area contributed by atoms with Gasteiger partial charge in [0.05, 0.1) is 0 Å². The number of pyridine rings is 1. The zero-order valence-corrected chi connectivity index (χ0v) is 7.92. The largest absolute Gasteiger partial charge is 0.318 e. The number of aromatic nitrogens is 1. The van der Waals surface area contributed by atoms with Crippen LogP contribution in [0, 0.1) is 6.92 Å². The van der Waals surface area contributed by atoms with Crippen molar-refractivity contribution in [1.29, 1.82) is 0 Å². The first kappa shape index (κ1) is 9.04. The molecule has 12 heavy (non-hydrogen) atoms. The molecule has 0 spiro atoms. The summed E-state index contributed by atoms with van der Waals surface area (Å²) >= 11 is 0. The molecule has 0 aliphatic carbocycles. The molecular weight excluding hydrogens is 150 g/mol. The summed E-state index contributed by atoms with van der Waals surface area (Å²) in [5, 5.41) is 0. The van der Waals surface area contributed by atoms with Crippen LogP contribution in [-0.4, -0.2) is 4.57 Å². The number of rotatable bonds is 2. The summed E-state index contributed by atoms with van der Waals surface area (Å²) in [6.45, 7) is 4.08. The van der Waals surface area contributed by atoms with Crippen LogP contribution >= 0.6 is 0 Å². The highest BCUT2D eigenvalue weighted by Crippen LogP contribution is 2.03. The quantitative estimate of drug-likeness (QED) is 0.653. The highest BCUT2D eigenvalue weighted by Gasteiger charge is 2.02. The molecule has 66 valence electrons. The second kappa shape index (κ2) is 3.57. The van der Waals surface area contributed by atoms with Gasteiger partial charge in [-0.15, -0.1) is 0 Å². The molecule has 0 N–H and O–H groups in total. The van der Waals surface area contributed by atoms with Crippen LogP contribution in [0.4, 0.5) is 0 Å². The van der Waals surface area contributed by atoms with Crippen LogP contribution in [0.3, 0.4) is 0 Å². The fraction of sp³-hybridized carbons (Fsp3) is 0.500. The Morgan fingerprint density at radius 3 is 2.75 bits per heavy atom. The van der Waals surface area contributed by atoms with Crippen molar-refractivity contribution in [2.45, 2.75) is 26.7 Å². The molecule has 0 bridgehead atoms. The second-order valence-corrected chi connectivity index (χ2v) is 3.14. The van der Waals surface area contributed by atoms with Crippen LogP contribution in [0.1, 0.15) is 24.5 Å². The fourth-order valence-corrected chi connectivity index (χ4v) is 1.33. The summed E-state index contributed by atoms with van der Waals surface area (Å²) in [5.41, 5.74) is 2.22. The van der Waals surface area contributed by atoms with Crippen LogP contribution in [0.2, 0.25) is 0 Å². The van der Waals surface area contributed by atoms with Gasteiger partial charge in [-0.05, 0) is 25.0 Å². The molecule has 2 heteroatoms. The normalized spacial score (nSPS) is 10.2. The van der Waals surface area contributed by atoms with Gasteiger partial charge >= 0.3 is 0 Å². The van der Waals surface area contributed by atoms with Crippen molar-refractivity contribution < 1.29 is 0 Å². The number of aryl methyl sites for hydroxylation is 2. The first-order chi connectivity index (χ1) is 5.66. The van der Waals surface area contributed by atoms with Crippen molar-refractivity contribution in [3.05, 3.63) is 33.7 Å². The lowest BCUT2D eigenvalue weighted by atomic mass is 10.1. The molecule has 1 aromatic rings. The lowest BCUT2D eigenvalue weighted by Crippen LogP contribution is -2.21. The topological polar surface area (TPSA) is 22.0 Å². The predicted molar refractivity (Wildman–Crippen MR) is 50.4 cm³/mol. The van der Waals surface area contributed by atoms with Crippen LogP contribution in [0.15, 0.2) is 17.1 Å². The van der Waals surface area contributed by atoms with Gasteiger partial charge in [-0.1, -0.05) is 13.3 Å². The molecule has 0 unspecified atom stereocenters. The van der Waals surface area contributed by atoms with Crippen molar-refractivity contribution in [2.24, 2.45) is 7.05 Å². The average molecular weight is 165 g/mol. The van der Waals surface area contributed by atoms with E-state index in [1.807, 2.05) is 19.2 Å². The highest BCUT2D eigenvalue weighted by atomic mass is 16.1. The molecule has 0 aliphatic heterocycles. The second-order valence-electron chi connectivity index (χ2n) is 3.14. The smallest absolute Gasteiger partial charge is 0.253 e. The van der Waals surface area contributed by atoms with E-state index in [4.69, 9.17) is 0 Å². The zero-order chi connectivity index (χ0) is 9.14. The predicted octanol–water partition coefficient (Wildman–Crippen LogP) is 1.65. The molecule has 1 aromatic heterocycles. The van der Waals surface area contributed by atoms with E-state index in [2.05, 4.69) is 6.92 Å². The summed E-state index contributed by atoms with van der Waals surface area (Å²) in [5.74, 6) is 0. The van der Waals surface area contributed by atoms with Gasteiger partial charge < -0.3 is 4.57 Å². The van der Waals surface area contributed by atoms with Crippen molar-refractivity contribution in [1.82, 2.24) is 4.57 Å². The Hall–Kier alpha value is -1.05. The van der Waals surface area contributed by atoms with E-state index in [0.717, 1.165) is 24.0 Å². The van der Waals surface area contributed by atoms with E-state index in [-0.39, 0.29) is 5.56 Å². The van der Waals surface area contributed by atoms with Gasteiger partial charge in [0.1, 0.15) is 0 Å². The molecule has 2 nitrogen and oxygen atoms in total. The van der Waals surface area contributed by atoms with Crippen LogP contribution in [0.5, 0.6) is 0 Å². The van der Waals surface area contributed by atoms with Crippen LogP contribution < -0.4 is 5.56 Å². The molecule has 0 radical (unpaired) electrons. The minimum absolute atomic E-state index is 0.150. The Bertz CT molecular complexity index is 325. The Morgan fingerprint density at radius 1 is 1.50 bits per heavy atom. The molecule has 0 atom stereocenters.